The van der Waals surface area contributed by atoms with Gasteiger partial charge in [-0.25, -0.2) is 0 Å². The van der Waals surface area contributed by atoms with E-state index < -0.39 is 0 Å². The van der Waals surface area contributed by atoms with Crippen molar-refractivity contribution in [3.05, 3.63) is 59.7 Å². The van der Waals surface area contributed by atoms with Gasteiger partial charge in [0.25, 0.3) is 5.91 Å². The van der Waals surface area contributed by atoms with Crippen molar-refractivity contribution >= 4 is 17.3 Å². The molecule has 0 unspecified atom stereocenters. The average Bonchev–Trinajstić information content (AvgIpc) is 2.81. The Morgan fingerprint density at radius 1 is 1.03 bits per heavy atom. The number of morpholine rings is 1. The number of aryl methyl sites for hydroxylation is 1. The molecule has 2 heterocycles. The lowest BCUT2D eigenvalue weighted by Crippen LogP contribution is -3.29. The monoisotopic (exact) mass is 424 g/mol. The molecule has 166 valence electrons. The van der Waals surface area contributed by atoms with Gasteiger partial charge in [-0.1, -0.05) is 24.3 Å². The molecule has 0 aromatic heterocycles. The van der Waals surface area contributed by atoms with E-state index in [9.17, 15) is 4.79 Å². The molecular weight excluding hydrogens is 388 g/mol. The van der Waals surface area contributed by atoms with Gasteiger partial charge in [-0.3, -0.25) is 4.79 Å². The number of carbonyl (C=O) groups is 1. The van der Waals surface area contributed by atoms with Gasteiger partial charge in [0, 0.05) is 30.0 Å². The molecule has 1 atom stereocenters. The minimum atomic E-state index is -0.0427. The number of amides is 1. The molecule has 4 rings (SSSR count). The number of benzene rings is 2. The van der Waals surface area contributed by atoms with Crippen molar-refractivity contribution in [2.24, 2.45) is 0 Å². The zero-order valence-electron chi connectivity index (χ0n) is 18.8. The van der Waals surface area contributed by atoms with Crippen LogP contribution in [0.2, 0.25) is 0 Å². The summed E-state index contributed by atoms with van der Waals surface area (Å²) in [7, 11) is 0. The number of hydrogen-bond donors (Lipinski definition) is 3. The number of nitrogens with zero attached hydrogens (tertiary/aromatic N) is 1. The fourth-order valence-corrected chi connectivity index (χ4v) is 4.63. The van der Waals surface area contributed by atoms with E-state index in [0.29, 0.717) is 0 Å². The maximum Gasteiger partial charge on any atom is 0.282 e. The lowest BCUT2D eigenvalue weighted by molar-refractivity contribution is -1.02. The zero-order valence-corrected chi connectivity index (χ0v) is 18.8. The van der Waals surface area contributed by atoms with Crippen LogP contribution in [0.1, 0.15) is 18.1 Å². The van der Waals surface area contributed by atoms with Crippen LogP contribution < -0.4 is 20.0 Å². The van der Waals surface area contributed by atoms with Gasteiger partial charge in [-0.15, -0.1) is 0 Å². The Bertz CT molecular complexity index is 856. The summed E-state index contributed by atoms with van der Waals surface area (Å²) in [4.78, 5) is 18.2. The average molecular weight is 425 g/mol. The summed E-state index contributed by atoms with van der Waals surface area (Å²) in [5.41, 5.74) is 4.87. The molecular formula is C25H36N4O2+2. The smallest absolute Gasteiger partial charge is 0.282 e. The van der Waals surface area contributed by atoms with E-state index in [2.05, 4.69) is 60.5 Å². The van der Waals surface area contributed by atoms with Crippen LogP contribution in [0.4, 0.5) is 11.4 Å². The molecule has 0 bridgehead atoms. The van der Waals surface area contributed by atoms with Crippen molar-refractivity contribution in [1.82, 2.24) is 0 Å². The van der Waals surface area contributed by atoms with Crippen LogP contribution in [0.15, 0.2) is 48.5 Å². The molecule has 2 aliphatic rings. The number of anilines is 2. The van der Waals surface area contributed by atoms with Crippen molar-refractivity contribution in [1.29, 1.82) is 0 Å². The van der Waals surface area contributed by atoms with E-state index in [-0.39, 0.29) is 11.9 Å². The Morgan fingerprint density at radius 3 is 2.39 bits per heavy atom. The first-order valence-corrected chi connectivity index (χ1v) is 11.6. The van der Waals surface area contributed by atoms with Gasteiger partial charge >= 0.3 is 0 Å². The first kappa shape index (κ1) is 21.8. The van der Waals surface area contributed by atoms with Crippen molar-refractivity contribution in [2.45, 2.75) is 26.4 Å². The number of ether oxygens (including phenoxy) is 1. The normalized spacial score (nSPS) is 22.7. The first-order chi connectivity index (χ1) is 15.1. The summed E-state index contributed by atoms with van der Waals surface area (Å²) in [6, 6.07) is 16.8. The van der Waals surface area contributed by atoms with Crippen molar-refractivity contribution in [2.75, 3.05) is 62.7 Å². The predicted molar refractivity (Wildman–Crippen MR) is 124 cm³/mol. The summed E-state index contributed by atoms with van der Waals surface area (Å²) in [5, 5.41) is 3.12. The minimum Gasteiger partial charge on any atom is -0.378 e. The molecule has 6 heteroatoms. The molecule has 2 aliphatic heterocycles. The Kier molecular flexibility index (Phi) is 7.22. The number of carbonyl (C=O) groups excluding carboxylic acids is 1. The van der Waals surface area contributed by atoms with E-state index in [1.54, 1.807) is 4.90 Å². The van der Waals surface area contributed by atoms with Gasteiger partial charge in [-0.2, -0.15) is 0 Å². The summed E-state index contributed by atoms with van der Waals surface area (Å²) in [6.45, 7) is 13.0. The van der Waals surface area contributed by atoms with E-state index in [1.165, 1.54) is 21.7 Å². The molecule has 0 aliphatic carbocycles. The van der Waals surface area contributed by atoms with Crippen LogP contribution in [0.25, 0.3) is 0 Å². The highest BCUT2D eigenvalue weighted by molar-refractivity contribution is 5.93. The first-order valence-electron chi connectivity index (χ1n) is 11.6. The van der Waals surface area contributed by atoms with Gasteiger partial charge in [-0.05, 0) is 43.7 Å². The van der Waals surface area contributed by atoms with E-state index in [4.69, 9.17) is 4.74 Å². The Morgan fingerprint density at radius 2 is 1.71 bits per heavy atom. The summed E-state index contributed by atoms with van der Waals surface area (Å²) < 4.78 is 5.42. The van der Waals surface area contributed by atoms with Crippen molar-refractivity contribution in [3.8, 4) is 0 Å². The van der Waals surface area contributed by atoms with Gasteiger partial charge in [0.2, 0.25) is 0 Å². The highest BCUT2D eigenvalue weighted by Crippen LogP contribution is 2.19. The molecule has 6 nitrogen and oxygen atoms in total. The largest absolute Gasteiger partial charge is 0.378 e. The molecule has 31 heavy (non-hydrogen) atoms. The topological polar surface area (TPSA) is 50.5 Å². The molecule has 1 amide bonds. The summed E-state index contributed by atoms with van der Waals surface area (Å²) in [6.07, 6.45) is 0. The number of hydrogen-bond acceptors (Lipinski definition) is 3. The summed E-state index contributed by atoms with van der Waals surface area (Å²) >= 11 is 0. The third-order valence-electron chi connectivity index (χ3n) is 6.82. The third kappa shape index (κ3) is 5.64. The van der Waals surface area contributed by atoms with Crippen LogP contribution >= 0.6 is 0 Å². The van der Waals surface area contributed by atoms with Gasteiger partial charge in [0.05, 0.1) is 13.2 Å². The lowest BCUT2D eigenvalue weighted by atomic mass is 10.1. The number of rotatable bonds is 6. The van der Waals surface area contributed by atoms with Crippen molar-refractivity contribution in [3.63, 3.8) is 0 Å². The van der Waals surface area contributed by atoms with E-state index in [0.717, 1.165) is 64.7 Å². The highest BCUT2D eigenvalue weighted by atomic mass is 16.5. The van der Waals surface area contributed by atoms with Crippen LogP contribution in [0, 0.1) is 6.92 Å². The van der Waals surface area contributed by atoms with Gasteiger partial charge in [0.1, 0.15) is 32.7 Å². The van der Waals surface area contributed by atoms with E-state index >= 15 is 0 Å². The maximum absolute atomic E-state index is 12.8. The molecule has 2 saturated heterocycles. The Hall–Kier alpha value is -2.41. The Balaban J connectivity index is 1.25. The molecule has 0 saturated carbocycles. The fourth-order valence-electron chi connectivity index (χ4n) is 4.63. The SMILES string of the molecule is Cc1ccccc1C[NH+]1CC[NH+]([C@H](C)C(=O)Nc2ccc(N3CCOCC3)cc2)CC1. The molecule has 0 radical (unpaired) electrons. The third-order valence-corrected chi connectivity index (χ3v) is 6.82. The van der Waals surface area contributed by atoms with E-state index in [1.807, 2.05) is 12.1 Å². The van der Waals surface area contributed by atoms with Crippen LogP contribution in [0.5, 0.6) is 0 Å². The second-order valence-corrected chi connectivity index (χ2v) is 8.87. The molecule has 2 aromatic rings. The number of nitrogens with one attached hydrogen (secondary N) is 3. The fraction of sp³-hybridized carbons (Fsp3) is 0.480. The molecule has 0 spiro atoms. The molecule has 2 fully saturated rings. The minimum absolute atomic E-state index is 0.0427. The second kappa shape index (κ2) is 10.3. The molecule has 3 N–H and O–H groups in total. The van der Waals surface area contributed by atoms with Crippen LogP contribution in [-0.2, 0) is 16.1 Å². The highest BCUT2D eigenvalue weighted by Gasteiger charge is 2.31. The maximum atomic E-state index is 12.8. The Labute approximate surface area is 185 Å². The predicted octanol–water partition coefficient (Wildman–Crippen LogP) is 0.142. The van der Waals surface area contributed by atoms with Gasteiger partial charge in [0.15, 0.2) is 6.04 Å². The standard InChI is InChI=1S/C25H34N4O2/c1-20-5-3-4-6-22(20)19-27-11-13-28(14-12-27)21(2)25(30)26-23-7-9-24(10-8-23)29-15-17-31-18-16-29/h3-10,21H,11-19H2,1-2H3,(H,26,30)/p+2/t21-/m1/s1. The number of quaternary nitrogens is 2. The van der Waals surface area contributed by atoms with Gasteiger partial charge < -0.3 is 24.8 Å². The van der Waals surface area contributed by atoms with Crippen LogP contribution in [-0.4, -0.2) is 64.4 Å². The number of piperazine rings is 1. The zero-order chi connectivity index (χ0) is 21.6. The molecule has 2 aromatic carbocycles. The van der Waals surface area contributed by atoms with Crippen molar-refractivity contribution < 1.29 is 19.3 Å². The summed E-state index contributed by atoms with van der Waals surface area (Å²) in [5.74, 6) is 0.108. The quantitative estimate of drug-likeness (QED) is 0.619. The van der Waals surface area contributed by atoms with Crippen LogP contribution in [0.3, 0.4) is 0 Å². The second-order valence-electron chi connectivity index (χ2n) is 8.87. The lowest BCUT2D eigenvalue weighted by Gasteiger charge is -2.33.